The lowest BCUT2D eigenvalue weighted by Crippen LogP contribution is -2.26. The highest BCUT2D eigenvalue weighted by Crippen LogP contribution is 2.32. The molecule has 0 bridgehead atoms. The van der Waals surface area contributed by atoms with Gasteiger partial charge in [-0.1, -0.05) is 36.0 Å². The molecule has 7 nitrogen and oxygen atoms in total. The first kappa shape index (κ1) is 25.1. The van der Waals surface area contributed by atoms with Crippen LogP contribution in [0.15, 0.2) is 70.7 Å². The number of carbonyl (C=O) groups is 1. The highest BCUT2D eigenvalue weighted by Gasteiger charge is 2.25. The highest BCUT2D eigenvalue weighted by atomic mass is 32.2. The fourth-order valence-electron chi connectivity index (χ4n) is 4.80. The molecule has 1 aliphatic carbocycles. The number of fused-ring (bicyclic) bond motifs is 1. The maximum absolute atomic E-state index is 12.6. The lowest BCUT2D eigenvalue weighted by molar-refractivity contribution is 0.0950. The Morgan fingerprint density at radius 3 is 2.61 bits per heavy atom. The number of hydrogen-bond acceptors (Lipinski definition) is 6. The molecule has 6 rings (SSSR count). The number of amides is 1. The molecule has 1 amide bonds. The van der Waals surface area contributed by atoms with Crippen LogP contribution in [0.3, 0.4) is 0 Å². The Balaban J connectivity index is 1.33. The summed E-state index contributed by atoms with van der Waals surface area (Å²) in [5.41, 5.74) is 5.19. The fourth-order valence-corrected chi connectivity index (χ4v) is 7.03. The van der Waals surface area contributed by atoms with Gasteiger partial charge in [0.25, 0.3) is 5.91 Å². The third-order valence-corrected chi connectivity index (χ3v) is 9.48. The van der Waals surface area contributed by atoms with Gasteiger partial charge in [-0.3, -0.25) is 9.00 Å². The van der Waals surface area contributed by atoms with Crippen LogP contribution in [-0.2, 0) is 10.8 Å². The fraction of sp³-hybridized carbons (Fsp3) is 0.345. The molecular weight excluding hydrogens is 514 g/mol. The van der Waals surface area contributed by atoms with Crippen LogP contribution in [0, 0.1) is 12.8 Å². The number of benzene rings is 2. The zero-order chi connectivity index (χ0) is 26.1. The van der Waals surface area contributed by atoms with Gasteiger partial charge < -0.3 is 10.6 Å². The lowest BCUT2D eigenvalue weighted by atomic mass is 10.0. The predicted molar refractivity (Wildman–Crippen MR) is 153 cm³/mol. The molecule has 2 aromatic carbocycles. The summed E-state index contributed by atoms with van der Waals surface area (Å²) in [6.07, 6.45) is 5.94. The average molecular weight is 546 g/mol. The summed E-state index contributed by atoms with van der Waals surface area (Å²) < 4.78 is 13.7. The van der Waals surface area contributed by atoms with E-state index in [2.05, 4.69) is 28.8 Å². The van der Waals surface area contributed by atoms with Crippen LogP contribution in [0.4, 0.5) is 5.69 Å². The van der Waals surface area contributed by atoms with Gasteiger partial charge in [-0.15, -0.1) is 0 Å². The molecular formula is C29H31N5O2S2. The second-order valence-electron chi connectivity index (χ2n) is 10.1. The van der Waals surface area contributed by atoms with Gasteiger partial charge in [-0.05, 0) is 74.4 Å². The van der Waals surface area contributed by atoms with Crippen molar-refractivity contribution >= 4 is 39.8 Å². The molecule has 38 heavy (non-hydrogen) atoms. The number of rotatable bonds is 8. The molecule has 0 spiro atoms. The van der Waals surface area contributed by atoms with E-state index in [0.29, 0.717) is 17.5 Å². The molecule has 2 N–H and O–H groups in total. The Labute approximate surface area is 229 Å². The van der Waals surface area contributed by atoms with Crippen LogP contribution in [0.1, 0.15) is 41.6 Å². The Morgan fingerprint density at radius 1 is 1.08 bits per heavy atom. The molecule has 1 saturated heterocycles. The van der Waals surface area contributed by atoms with E-state index in [1.54, 1.807) is 11.8 Å². The van der Waals surface area contributed by atoms with Crippen molar-refractivity contribution in [3.8, 4) is 11.3 Å². The van der Waals surface area contributed by atoms with E-state index >= 15 is 0 Å². The summed E-state index contributed by atoms with van der Waals surface area (Å²) >= 11 is 1.61. The zero-order valence-corrected chi connectivity index (χ0v) is 23.0. The molecule has 4 aromatic rings. The molecule has 2 fully saturated rings. The van der Waals surface area contributed by atoms with Gasteiger partial charge in [0, 0.05) is 50.9 Å². The van der Waals surface area contributed by atoms with Crippen molar-refractivity contribution in [2.24, 2.45) is 5.92 Å². The highest BCUT2D eigenvalue weighted by molar-refractivity contribution is 7.99. The minimum Gasteiger partial charge on any atom is -0.382 e. The molecule has 0 atom stereocenters. The van der Waals surface area contributed by atoms with Gasteiger partial charge in [0.15, 0.2) is 5.65 Å². The summed E-state index contributed by atoms with van der Waals surface area (Å²) in [5, 5.41) is 12.5. The number of carbonyl (C=O) groups excluding carboxylic acids is 1. The van der Waals surface area contributed by atoms with Crippen molar-refractivity contribution in [2.45, 2.75) is 48.6 Å². The third-order valence-electron chi connectivity index (χ3n) is 7.18. The van der Waals surface area contributed by atoms with Crippen molar-refractivity contribution in [3.05, 3.63) is 71.9 Å². The van der Waals surface area contributed by atoms with Crippen LogP contribution in [0.2, 0.25) is 0 Å². The van der Waals surface area contributed by atoms with Crippen LogP contribution < -0.4 is 10.6 Å². The summed E-state index contributed by atoms with van der Waals surface area (Å²) in [6, 6.07) is 18.5. The largest absolute Gasteiger partial charge is 0.382 e. The van der Waals surface area contributed by atoms with Crippen LogP contribution in [0.25, 0.3) is 16.9 Å². The second kappa shape index (κ2) is 10.9. The molecule has 2 aliphatic rings. The van der Waals surface area contributed by atoms with Crippen molar-refractivity contribution in [1.29, 1.82) is 0 Å². The Morgan fingerprint density at radius 2 is 1.87 bits per heavy atom. The molecule has 196 valence electrons. The maximum Gasteiger partial charge on any atom is 0.251 e. The molecule has 2 aromatic heterocycles. The van der Waals surface area contributed by atoms with Gasteiger partial charge >= 0.3 is 0 Å². The average Bonchev–Trinajstić information content (AvgIpc) is 3.63. The number of hydrogen-bond donors (Lipinski definition) is 2. The molecule has 3 heterocycles. The van der Waals surface area contributed by atoms with E-state index < -0.39 is 10.8 Å². The third kappa shape index (κ3) is 5.63. The molecule has 9 heteroatoms. The van der Waals surface area contributed by atoms with Crippen molar-refractivity contribution in [1.82, 2.24) is 19.9 Å². The quantitative estimate of drug-likeness (QED) is 0.312. The Hall–Kier alpha value is -3.17. The van der Waals surface area contributed by atoms with E-state index in [-0.39, 0.29) is 5.91 Å². The van der Waals surface area contributed by atoms with Crippen molar-refractivity contribution in [3.63, 3.8) is 0 Å². The molecule has 1 aliphatic heterocycles. The summed E-state index contributed by atoms with van der Waals surface area (Å²) in [5.74, 6) is 2.06. The van der Waals surface area contributed by atoms with E-state index in [4.69, 9.17) is 10.1 Å². The van der Waals surface area contributed by atoms with Crippen LogP contribution in [-0.4, -0.2) is 48.8 Å². The molecule has 1 saturated carbocycles. The van der Waals surface area contributed by atoms with Gasteiger partial charge in [0.2, 0.25) is 0 Å². The van der Waals surface area contributed by atoms with Gasteiger partial charge in [-0.25, -0.2) is 9.50 Å². The van der Waals surface area contributed by atoms with E-state index in [0.717, 1.165) is 81.8 Å². The topological polar surface area (TPSA) is 88.4 Å². The predicted octanol–water partition coefficient (Wildman–Crippen LogP) is 5.32. The molecule has 0 unspecified atom stereocenters. The standard InChI is InChI=1S/C29H31N5O2S2/c1-19-15-21(7-10-24(19)29(35)32-22-8-9-22)26-18-31-28-25(30-17-20-11-13-38(36)14-12-20)16-27(33-34(26)28)37-23-5-3-2-4-6-23/h2-7,10,15-16,18,20,22,30H,8-9,11-14,17H2,1H3,(H,32,35). The van der Waals surface area contributed by atoms with Crippen molar-refractivity contribution < 1.29 is 9.00 Å². The molecule has 0 radical (unpaired) electrons. The maximum atomic E-state index is 12.6. The van der Waals surface area contributed by atoms with E-state index in [1.807, 2.05) is 54.0 Å². The first-order valence-electron chi connectivity index (χ1n) is 13.2. The number of nitrogens with one attached hydrogen (secondary N) is 2. The van der Waals surface area contributed by atoms with Crippen molar-refractivity contribution in [2.75, 3.05) is 23.4 Å². The van der Waals surface area contributed by atoms with E-state index in [1.165, 1.54) is 0 Å². The summed E-state index contributed by atoms with van der Waals surface area (Å²) in [4.78, 5) is 18.5. The number of aromatic nitrogens is 3. The minimum atomic E-state index is -0.665. The number of imidazole rings is 1. The smallest absolute Gasteiger partial charge is 0.251 e. The summed E-state index contributed by atoms with van der Waals surface area (Å²) in [7, 11) is -0.665. The SMILES string of the molecule is Cc1cc(-c2cnc3c(NCC4CCS(=O)CC4)cc(Sc4ccccc4)nn23)ccc1C(=O)NC1CC1. The van der Waals surface area contributed by atoms with Gasteiger partial charge in [0.05, 0.1) is 17.6 Å². The number of aryl methyl sites for hydroxylation is 1. The number of anilines is 1. The second-order valence-corrected chi connectivity index (χ2v) is 12.9. The summed E-state index contributed by atoms with van der Waals surface area (Å²) in [6.45, 7) is 2.79. The monoisotopic (exact) mass is 545 g/mol. The van der Waals surface area contributed by atoms with Gasteiger partial charge in [0.1, 0.15) is 5.03 Å². The Kier molecular flexibility index (Phi) is 7.21. The first-order valence-corrected chi connectivity index (χ1v) is 15.5. The van der Waals surface area contributed by atoms with Gasteiger partial charge in [-0.2, -0.15) is 5.10 Å². The zero-order valence-electron chi connectivity index (χ0n) is 21.4. The van der Waals surface area contributed by atoms with Crippen LogP contribution >= 0.6 is 11.8 Å². The normalized spacial score (nSPS) is 19.4. The minimum absolute atomic E-state index is 0.00704. The Bertz CT molecular complexity index is 1490. The van der Waals surface area contributed by atoms with E-state index in [9.17, 15) is 9.00 Å². The first-order chi connectivity index (χ1) is 18.5. The number of nitrogens with zero attached hydrogens (tertiary/aromatic N) is 3. The van der Waals surface area contributed by atoms with Crippen LogP contribution in [0.5, 0.6) is 0 Å². The lowest BCUT2D eigenvalue weighted by Gasteiger charge is -2.22.